The Morgan fingerprint density at radius 1 is 1.15 bits per heavy atom. The van der Waals surface area contributed by atoms with E-state index in [1.165, 1.54) is 19.4 Å². The van der Waals surface area contributed by atoms with E-state index in [9.17, 15) is 14.4 Å². The van der Waals surface area contributed by atoms with Crippen LogP contribution in [-0.4, -0.2) is 31.0 Å². The summed E-state index contributed by atoms with van der Waals surface area (Å²) in [7, 11) is 1.24. The molecule has 0 spiro atoms. The Kier molecular flexibility index (Phi) is 7.01. The van der Waals surface area contributed by atoms with Gasteiger partial charge in [-0.1, -0.05) is 37.6 Å². The van der Waals surface area contributed by atoms with E-state index in [4.69, 9.17) is 20.8 Å². The number of halogens is 1. The van der Waals surface area contributed by atoms with Crippen LogP contribution >= 0.6 is 11.6 Å². The highest BCUT2D eigenvalue weighted by atomic mass is 35.5. The van der Waals surface area contributed by atoms with E-state index < -0.39 is 23.9 Å². The Bertz CT molecular complexity index is 829. The van der Waals surface area contributed by atoms with Crippen LogP contribution in [0.1, 0.15) is 40.3 Å². The molecule has 1 aromatic heterocycles. The van der Waals surface area contributed by atoms with Gasteiger partial charge in [0.05, 0.1) is 24.0 Å². The SMILES string of the molecule is COC(=O)c1ccoc1COC(=O)C(NC(=O)c1ccccc1Cl)C(C)C. The molecule has 0 bridgehead atoms. The second kappa shape index (κ2) is 9.23. The Labute approximate surface area is 161 Å². The molecule has 1 atom stereocenters. The molecule has 144 valence electrons. The summed E-state index contributed by atoms with van der Waals surface area (Å²) in [5, 5.41) is 2.91. The van der Waals surface area contributed by atoms with E-state index in [-0.39, 0.29) is 34.4 Å². The molecule has 1 N–H and O–H groups in total. The van der Waals surface area contributed by atoms with Crippen molar-refractivity contribution in [3.05, 3.63) is 58.5 Å². The summed E-state index contributed by atoms with van der Waals surface area (Å²) in [5.74, 6) is -1.81. The number of esters is 2. The molecule has 0 radical (unpaired) electrons. The number of rotatable bonds is 7. The van der Waals surface area contributed by atoms with Gasteiger partial charge in [-0.2, -0.15) is 0 Å². The summed E-state index contributed by atoms with van der Waals surface area (Å²) >= 11 is 6.02. The minimum atomic E-state index is -0.898. The van der Waals surface area contributed by atoms with Crippen LogP contribution < -0.4 is 5.32 Å². The number of amides is 1. The van der Waals surface area contributed by atoms with Gasteiger partial charge < -0.3 is 19.2 Å². The number of hydrogen-bond donors (Lipinski definition) is 1. The predicted octanol–water partition coefficient (Wildman–Crippen LogP) is 3.22. The molecule has 0 aliphatic heterocycles. The first kappa shape index (κ1) is 20.5. The number of furan rings is 1. The third kappa shape index (κ3) is 5.10. The Morgan fingerprint density at radius 2 is 1.85 bits per heavy atom. The largest absolute Gasteiger partial charge is 0.465 e. The van der Waals surface area contributed by atoms with Crippen LogP contribution in [0.25, 0.3) is 0 Å². The summed E-state index contributed by atoms with van der Waals surface area (Å²) < 4.78 is 15.0. The molecule has 0 saturated heterocycles. The van der Waals surface area contributed by atoms with Crippen LogP contribution in [0.4, 0.5) is 0 Å². The summed E-state index contributed by atoms with van der Waals surface area (Å²) in [6.45, 7) is 3.28. The third-order valence-electron chi connectivity index (χ3n) is 3.82. The van der Waals surface area contributed by atoms with E-state index in [0.717, 1.165) is 0 Å². The van der Waals surface area contributed by atoms with Gasteiger partial charge in [-0.15, -0.1) is 0 Å². The van der Waals surface area contributed by atoms with Gasteiger partial charge in [0, 0.05) is 0 Å². The summed E-state index contributed by atoms with van der Waals surface area (Å²) in [6.07, 6.45) is 1.30. The lowest BCUT2D eigenvalue weighted by molar-refractivity contribution is -0.149. The van der Waals surface area contributed by atoms with E-state index in [2.05, 4.69) is 10.1 Å². The Hall–Kier alpha value is -2.80. The lowest BCUT2D eigenvalue weighted by atomic mass is 10.0. The monoisotopic (exact) mass is 393 g/mol. The van der Waals surface area contributed by atoms with Gasteiger partial charge in [0.1, 0.15) is 18.2 Å². The first-order chi connectivity index (χ1) is 12.8. The van der Waals surface area contributed by atoms with Crippen molar-refractivity contribution in [1.29, 1.82) is 0 Å². The first-order valence-corrected chi connectivity index (χ1v) is 8.59. The smallest absolute Gasteiger partial charge is 0.341 e. The quantitative estimate of drug-likeness (QED) is 0.726. The maximum Gasteiger partial charge on any atom is 0.341 e. The molecule has 1 aromatic carbocycles. The molecule has 1 amide bonds. The van der Waals surface area contributed by atoms with Gasteiger partial charge in [-0.25, -0.2) is 9.59 Å². The molecule has 1 heterocycles. The Balaban J connectivity index is 2.05. The van der Waals surface area contributed by atoms with Crippen LogP contribution in [0, 0.1) is 5.92 Å². The summed E-state index contributed by atoms with van der Waals surface area (Å²) in [4.78, 5) is 36.5. The van der Waals surface area contributed by atoms with Crippen molar-refractivity contribution < 1.29 is 28.3 Å². The lowest BCUT2D eigenvalue weighted by Crippen LogP contribution is -2.45. The maximum atomic E-state index is 12.5. The molecule has 0 saturated carbocycles. The highest BCUT2D eigenvalue weighted by Gasteiger charge is 2.27. The van der Waals surface area contributed by atoms with Gasteiger partial charge in [0.25, 0.3) is 5.91 Å². The average Bonchev–Trinajstić information content (AvgIpc) is 3.12. The second-order valence-electron chi connectivity index (χ2n) is 6.03. The molecule has 7 nitrogen and oxygen atoms in total. The predicted molar refractivity (Wildman–Crippen MR) is 97.4 cm³/mol. The highest BCUT2D eigenvalue weighted by molar-refractivity contribution is 6.33. The minimum Gasteiger partial charge on any atom is -0.465 e. The van der Waals surface area contributed by atoms with E-state index in [0.29, 0.717) is 0 Å². The molecule has 2 rings (SSSR count). The summed E-state index contributed by atoms with van der Waals surface area (Å²) in [6, 6.07) is 7.06. The molecular formula is C19H20ClNO6. The average molecular weight is 394 g/mol. The zero-order valence-electron chi connectivity index (χ0n) is 15.2. The van der Waals surface area contributed by atoms with E-state index >= 15 is 0 Å². The zero-order chi connectivity index (χ0) is 20.0. The summed E-state index contributed by atoms with van der Waals surface area (Å²) in [5.41, 5.74) is 0.433. The minimum absolute atomic E-state index is 0.162. The molecule has 27 heavy (non-hydrogen) atoms. The zero-order valence-corrected chi connectivity index (χ0v) is 15.9. The molecule has 8 heteroatoms. The first-order valence-electron chi connectivity index (χ1n) is 8.21. The number of carbonyl (C=O) groups excluding carboxylic acids is 3. The van der Waals surface area contributed by atoms with Gasteiger partial charge >= 0.3 is 11.9 Å². The standard InChI is InChI=1S/C19H20ClNO6/c1-11(2)16(21-17(22)12-6-4-5-7-14(12)20)19(24)27-10-15-13(8-9-26-15)18(23)25-3/h4-9,11,16H,10H2,1-3H3,(H,21,22). The van der Waals surface area contributed by atoms with Crippen molar-refractivity contribution in [3.8, 4) is 0 Å². The van der Waals surface area contributed by atoms with Crippen LogP contribution in [0.2, 0.25) is 5.02 Å². The van der Waals surface area contributed by atoms with Crippen molar-refractivity contribution in [1.82, 2.24) is 5.32 Å². The van der Waals surface area contributed by atoms with E-state index in [1.54, 1.807) is 38.1 Å². The van der Waals surface area contributed by atoms with E-state index in [1.807, 2.05) is 0 Å². The molecule has 2 aromatic rings. The normalized spacial score (nSPS) is 11.7. The fraction of sp³-hybridized carbons (Fsp3) is 0.316. The van der Waals surface area contributed by atoms with Crippen LogP contribution in [0.15, 0.2) is 41.0 Å². The number of ether oxygens (including phenoxy) is 2. The lowest BCUT2D eigenvalue weighted by Gasteiger charge is -2.21. The van der Waals surface area contributed by atoms with Crippen LogP contribution in [-0.2, 0) is 20.9 Å². The third-order valence-corrected chi connectivity index (χ3v) is 4.15. The topological polar surface area (TPSA) is 94.8 Å². The van der Waals surface area contributed by atoms with Crippen molar-refractivity contribution >= 4 is 29.4 Å². The van der Waals surface area contributed by atoms with Gasteiger partial charge in [0.15, 0.2) is 5.76 Å². The molecule has 0 fully saturated rings. The second-order valence-corrected chi connectivity index (χ2v) is 6.44. The van der Waals surface area contributed by atoms with Gasteiger partial charge in [-0.3, -0.25) is 4.79 Å². The van der Waals surface area contributed by atoms with Crippen LogP contribution in [0.5, 0.6) is 0 Å². The van der Waals surface area contributed by atoms with Crippen molar-refractivity contribution in [3.63, 3.8) is 0 Å². The van der Waals surface area contributed by atoms with Crippen LogP contribution in [0.3, 0.4) is 0 Å². The molecular weight excluding hydrogens is 374 g/mol. The van der Waals surface area contributed by atoms with Gasteiger partial charge in [0.2, 0.25) is 0 Å². The fourth-order valence-corrected chi connectivity index (χ4v) is 2.55. The maximum absolute atomic E-state index is 12.5. The Morgan fingerprint density at radius 3 is 2.48 bits per heavy atom. The number of nitrogens with one attached hydrogen (secondary N) is 1. The number of benzene rings is 1. The van der Waals surface area contributed by atoms with Crippen molar-refractivity contribution in [2.24, 2.45) is 5.92 Å². The number of methoxy groups -OCH3 is 1. The molecule has 0 aliphatic carbocycles. The fourth-order valence-electron chi connectivity index (χ4n) is 2.33. The van der Waals surface area contributed by atoms with Gasteiger partial charge in [-0.05, 0) is 24.1 Å². The van der Waals surface area contributed by atoms with Crippen molar-refractivity contribution in [2.45, 2.75) is 26.5 Å². The molecule has 0 aliphatic rings. The van der Waals surface area contributed by atoms with Crippen molar-refractivity contribution in [2.75, 3.05) is 7.11 Å². The molecule has 1 unspecified atom stereocenters. The number of carbonyl (C=O) groups is 3. The highest BCUT2D eigenvalue weighted by Crippen LogP contribution is 2.17. The number of hydrogen-bond acceptors (Lipinski definition) is 6.